The van der Waals surface area contributed by atoms with Gasteiger partial charge in [0.05, 0.1) is 17.7 Å². The second-order valence-electron chi connectivity index (χ2n) is 7.34. The summed E-state index contributed by atoms with van der Waals surface area (Å²) in [6, 6.07) is 12.8. The highest BCUT2D eigenvalue weighted by molar-refractivity contribution is 5.96. The Morgan fingerprint density at radius 3 is 2.59 bits per heavy atom. The Hall–Kier alpha value is -3.06. The largest absolute Gasteiger partial charge is 0.359 e. The van der Waals surface area contributed by atoms with Crippen LogP contribution in [-0.4, -0.2) is 50.6 Å². The molecule has 2 heterocycles. The molecule has 1 fully saturated rings. The van der Waals surface area contributed by atoms with E-state index in [1.165, 1.54) is 4.68 Å². The average Bonchev–Trinajstić information content (AvgIpc) is 3.23. The van der Waals surface area contributed by atoms with Crippen molar-refractivity contribution >= 4 is 22.8 Å². The van der Waals surface area contributed by atoms with Gasteiger partial charge in [-0.25, -0.2) is 4.79 Å². The van der Waals surface area contributed by atoms with Crippen molar-refractivity contribution < 1.29 is 14.3 Å². The fraction of sp³-hybridized carbons (Fsp3) is 0.300. The van der Waals surface area contributed by atoms with Crippen molar-refractivity contribution in [1.29, 1.82) is 0 Å². The van der Waals surface area contributed by atoms with Crippen LogP contribution in [0.25, 0.3) is 22.2 Å². The summed E-state index contributed by atoms with van der Waals surface area (Å²) in [5.41, 5.74) is 3.35. The summed E-state index contributed by atoms with van der Waals surface area (Å²) in [5.74, 6) is 0.0184. The summed E-state index contributed by atoms with van der Waals surface area (Å²) < 4.78 is 6.73. The topological polar surface area (TPSA) is 77.3 Å². The number of carbonyl (C=O) groups excluding carboxylic acids is 2. The summed E-state index contributed by atoms with van der Waals surface area (Å²) in [4.78, 5) is 26.1. The van der Waals surface area contributed by atoms with E-state index in [-0.39, 0.29) is 24.1 Å². The Morgan fingerprint density at radius 1 is 1.11 bits per heavy atom. The molecule has 1 aromatic heterocycles. The molecule has 4 rings (SSSR count). The first-order valence-corrected chi connectivity index (χ1v) is 8.73. The summed E-state index contributed by atoms with van der Waals surface area (Å²) in [7, 11) is 0. The van der Waals surface area contributed by atoms with Crippen molar-refractivity contribution in [2.45, 2.75) is 26.3 Å². The number of benzene rings is 2. The number of nitrogens with zero attached hydrogens (tertiary/aromatic N) is 4. The van der Waals surface area contributed by atoms with Gasteiger partial charge in [0.1, 0.15) is 12.2 Å². The van der Waals surface area contributed by atoms with Gasteiger partial charge in [-0.3, -0.25) is 9.69 Å². The van der Waals surface area contributed by atoms with Crippen LogP contribution in [0.15, 0.2) is 42.5 Å². The predicted octanol–water partition coefficient (Wildman–Crippen LogP) is 3.34. The third-order valence-electron chi connectivity index (χ3n) is 4.87. The molecule has 1 saturated heterocycles. The van der Waals surface area contributed by atoms with Gasteiger partial charge in [0.2, 0.25) is 0 Å². The minimum Gasteiger partial charge on any atom is -0.359 e. The van der Waals surface area contributed by atoms with Crippen LogP contribution >= 0.6 is 0 Å². The number of hydrogen-bond donors (Lipinski definition) is 0. The van der Waals surface area contributed by atoms with Gasteiger partial charge in [0.15, 0.2) is 5.78 Å². The highest BCUT2D eigenvalue weighted by Gasteiger charge is 2.38. The van der Waals surface area contributed by atoms with Gasteiger partial charge in [-0.15, -0.1) is 5.10 Å². The Kier molecular flexibility index (Phi) is 4.04. The lowest BCUT2D eigenvalue weighted by Gasteiger charge is -2.28. The predicted molar refractivity (Wildman–Crippen MR) is 100 cm³/mol. The molecule has 3 aromatic rings. The Bertz CT molecular complexity index is 1050. The van der Waals surface area contributed by atoms with Gasteiger partial charge < -0.3 is 4.74 Å². The molecule has 2 aromatic carbocycles. The minimum absolute atomic E-state index is 0.0184. The zero-order valence-electron chi connectivity index (χ0n) is 15.5. The lowest BCUT2D eigenvalue weighted by atomic mass is 10.0. The van der Waals surface area contributed by atoms with E-state index in [1.54, 1.807) is 17.9 Å². The fourth-order valence-corrected chi connectivity index (χ4v) is 3.23. The molecule has 138 valence electrons. The van der Waals surface area contributed by atoms with Gasteiger partial charge in [0, 0.05) is 5.56 Å². The van der Waals surface area contributed by atoms with Crippen LogP contribution in [0.4, 0.5) is 4.79 Å². The van der Waals surface area contributed by atoms with E-state index in [9.17, 15) is 9.59 Å². The highest BCUT2D eigenvalue weighted by atomic mass is 16.5. The molecule has 27 heavy (non-hydrogen) atoms. The maximum Gasteiger partial charge on any atom is 0.349 e. The number of aromatic nitrogens is 3. The molecule has 1 aliphatic heterocycles. The van der Waals surface area contributed by atoms with Gasteiger partial charge in [-0.05, 0) is 50.1 Å². The van der Waals surface area contributed by atoms with Crippen LogP contribution in [0, 0.1) is 0 Å². The van der Waals surface area contributed by atoms with E-state index in [4.69, 9.17) is 4.74 Å². The van der Waals surface area contributed by atoms with E-state index >= 15 is 0 Å². The average molecular weight is 364 g/mol. The van der Waals surface area contributed by atoms with Gasteiger partial charge in [0.25, 0.3) is 0 Å². The van der Waals surface area contributed by atoms with E-state index in [1.807, 2.05) is 50.2 Å². The van der Waals surface area contributed by atoms with Crippen molar-refractivity contribution in [3.05, 3.63) is 48.0 Å². The lowest BCUT2D eigenvalue weighted by Crippen LogP contribution is -2.46. The Labute approximate surface area is 156 Å². The maximum atomic E-state index is 12.9. The SMILES string of the molecule is CC(=O)c1cccc(-c2ccc3c(c2)nnn3C(=O)N2COCC2(C)C)c1. The third kappa shape index (κ3) is 3.00. The molecule has 0 N–H and O–H groups in total. The summed E-state index contributed by atoms with van der Waals surface area (Å²) in [5, 5.41) is 8.21. The van der Waals surface area contributed by atoms with Crippen LogP contribution in [0.1, 0.15) is 31.1 Å². The molecule has 0 saturated carbocycles. The molecule has 0 bridgehead atoms. The molecular formula is C20H20N4O3. The number of fused-ring (bicyclic) bond motifs is 1. The molecule has 0 aliphatic carbocycles. The van der Waals surface area contributed by atoms with Crippen molar-refractivity contribution in [2.75, 3.05) is 13.3 Å². The van der Waals surface area contributed by atoms with Crippen molar-refractivity contribution in [2.24, 2.45) is 0 Å². The molecule has 1 aliphatic rings. The van der Waals surface area contributed by atoms with Crippen molar-refractivity contribution in [3.8, 4) is 11.1 Å². The number of hydrogen-bond acceptors (Lipinski definition) is 5. The second kappa shape index (κ2) is 6.28. The van der Waals surface area contributed by atoms with E-state index in [0.717, 1.165) is 11.1 Å². The van der Waals surface area contributed by atoms with Crippen LogP contribution in [-0.2, 0) is 4.74 Å². The molecular weight excluding hydrogens is 344 g/mol. The number of rotatable bonds is 2. The van der Waals surface area contributed by atoms with Gasteiger partial charge in [-0.1, -0.05) is 29.5 Å². The quantitative estimate of drug-likeness (QED) is 0.652. The Morgan fingerprint density at radius 2 is 1.89 bits per heavy atom. The number of amides is 1. The van der Waals surface area contributed by atoms with Crippen molar-refractivity contribution in [1.82, 2.24) is 19.9 Å². The number of carbonyl (C=O) groups is 2. The van der Waals surface area contributed by atoms with Gasteiger partial charge >= 0.3 is 6.03 Å². The molecule has 0 atom stereocenters. The summed E-state index contributed by atoms with van der Waals surface area (Å²) >= 11 is 0. The van der Waals surface area contributed by atoms with Crippen LogP contribution in [0.5, 0.6) is 0 Å². The first-order chi connectivity index (χ1) is 12.9. The lowest BCUT2D eigenvalue weighted by molar-refractivity contribution is 0.101. The molecule has 0 spiro atoms. The third-order valence-corrected chi connectivity index (χ3v) is 4.87. The van der Waals surface area contributed by atoms with Crippen LogP contribution in [0.2, 0.25) is 0 Å². The first-order valence-electron chi connectivity index (χ1n) is 8.73. The second-order valence-corrected chi connectivity index (χ2v) is 7.34. The van der Waals surface area contributed by atoms with Crippen LogP contribution < -0.4 is 0 Å². The van der Waals surface area contributed by atoms with E-state index in [0.29, 0.717) is 23.2 Å². The number of ether oxygens (including phenoxy) is 1. The molecule has 7 heteroatoms. The van der Waals surface area contributed by atoms with Crippen LogP contribution in [0.3, 0.4) is 0 Å². The number of ketones is 1. The number of Topliss-reactive ketones (excluding diaryl/α,β-unsaturated/α-hetero) is 1. The zero-order valence-corrected chi connectivity index (χ0v) is 15.5. The summed E-state index contributed by atoms with van der Waals surface area (Å²) in [6.45, 7) is 6.18. The van der Waals surface area contributed by atoms with E-state index < -0.39 is 0 Å². The molecule has 7 nitrogen and oxygen atoms in total. The van der Waals surface area contributed by atoms with Crippen molar-refractivity contribution in [3.63, 3.8) is 0 Å². The fourth-order valence-electron chi connectivity index (χ4n) is 3.23. The normalized spacial score (nSPS) is 16.0. The standard InChI is InChI=1S/C20H20N4O3/c1-13(25)14-5-4-6-15(9-14)16-7-8-18-17(10-16)21-22-24(18)19(26)23-12-27-11-20(23,2)3/h4-10H,11-12H2,1-3H3. The van der Waals surface area contributed by atoms with E-state index in [2.05, 4.69) is 10.3 Å². The first kappa shape index (κ1) is 17.4. The molecule has 0 radical (unpaired) electrons. The summed E-state index contributed by atoms with van der Waals surface area (Å²) in [6.07, 6.45) is 0. The van der Waals surface area contributed by atoms with Gasteiger partial charge in [-0.2, -0.15) is 4.68 Å². The highest BCUT2D eigenvalue weighted by Crippen LogP contribution is 2.26. The monoisotopic (exact) mass is 364 g/mol. The molecule has 1 amide bonds. The zero-order chi connectivity index (χ0) is 19.2. The Balaban J connectivity index is 1.71. The molecule has 0 unspecified atom stereocenters. The smallest absolute Gasteiger partial charge is 0.349 e. The minimum atomic E-state index is -0.386. The maximum absolute atomic E-state index is 12.9.